The molecule has 64 valence electrons. The number of nitrogen functional groups attached to an aromatic ring is 1. The van der Waals surface area contributed by atoms with Gasteiger partial charge in [0, 0.05) is 6.42 Å². The summed E-state index contributed by atoms with van der Waals surface area (Å²) in [7, 11) is 3.66. The molecule has 0 unspecified atom stereocenters. The number of rotatable bonds is 2. The van der Waals surface area contributed by atoms with E-state index >= 15 is 0 Å². The molecule has 0 amide bonds. The standard InChI is InChI=1S/C7H12N5/c1-11-6(4-3-5-8)12(2)10-7(11)9/h3-4H2,1-2H3,(H2,9,10)/q+1. The largest absolute Gasteiger partial charge is 0.347 e. The second-order valence-corrected chi connectivity index (χ2v) is 2.62. The maximum absolute atomic E-state index is 8.40. The third-order valence-corrected chi connectivity index (χ3v) is 1.82. The molecule has 0 aromatic carbocycles. The molecule has 12 heavy (non-hydrogen) atoms. The topological polar surface area (TPSA) is 71.5 Å². The van der Waals surface area contributed by atoms with Crippen LogP contribution in [-0.2, 0) is 20.5 Å². The van der Waals surface area contributed by atoms with Crippen LogP contribution < -0.4 is 10.4 Å². The van der Waals surface area contributed by atoms with Crippen LogP contribution in [0.5, 0.6) is 0 Å². The van der Waals surface area contributed by atoms with E-state index in [9.17, 15) is 0 Å². The molecule has 0 aliphatic heterocycles. The number of nitrogens with two attached hydrogens (primary N) is 1. The maximum Gasteiger partial charge on any atom is 0.329 e. The van der Waals surface area contributed by atoms with Crippen molar-refractivity contribution in [2.75, 3.05) is 5.73 Å². The van der Waals surface area contributed by atoms with Crippen LogP contribution in [0.4, 0.5) is 5.95 Å². The van der Waals surface area contributed by atoms with Crippen molar-refractivity contribution in [1.29, 1.82) is 5.26 Å². The Hall–Kier alpha value is -1.57. The zero-order chi connectivity index (χ0) is 9.14. The predicted octanol–water partition coefficient (Wildman–Crippen LogP) is -0.717. The number of hydrogen-bond donors (Lipinski definition) is 1. The number of aromatic nitrogens is 3. The number of anilines is 1. The number of aryl methyl sites for hydroxylation is 1. The Labute approximate surface area is 71.0 Å². The van der Waals surface area contributed by atoms with Gasteiger partial charge in [0.15, 0.2) is 0 Å². The normalized spacial score (nSPS) is 9.75. The summed E-state index contributed by atoms with van der Waals surface area (Å²) in [5.41, 5.74) is 5.56. The van der Waals surface area contributed by atoms with Gasteiger partial charge in [-0.25, -0.2) is 0 Å². The van der Waals surface area contributed by atoms with Crippen LogP contribution in [0.15, 0.2) is 0 Å². The van der Waals surface area contributed by atoms with Gasteiger partial charge in [0.1, 0.15) is 7.05 Å². The van der Waals surface area contributed by atoms with E-state index in [4.69, 9.17) is 11.0 Å². The molecule has 1 aromatic rings. The van der Waals surface area contributed by atoms with E-state index in [1.54, 1.807) is 9.25 Å². The third-order valence-electron chi connectivity index (χ3n) is 1.82. The molecule has 0 spiro atoms. The molecule has 0 bridgehead atoms. The smallest absolute Gasteiger partial charge is 0.329 e. The van der Waals surface area contributed by atoms with Crippen LogP contribution in [0.1, 0.15) is 12.2 Å². The predicted molar refractivity (Wildman–Crippen MR) is 42.7 cm³/mol. The van der Waals surface area contributed by atoms with Gasteiger partial charge in [0.25, 0.3) is 5.82 Å². The summed E-state index contributed by atoms with van der Waals surface area (Å²) >= 11 is 0. The Morgan fingerprint density at radius 3 is 2.83 bits per heavy atom. The Balaban J connectivity index is 2.91. The van der Waals surface area contributed by atoms with Gasteiger partial charge in [0.05, 0.1) is 19.5 Å². The summed E-state index contributed by atoms with van der Waals surface area (Å²) in [5, 5.41) is 12.4. The van der Waals surface area contributed by atoms with Crippen molar-refractivity contribution >= 4 is 5.95 Å². The lowest BCUT2D eigenvalue weighted by atomic mass is 10.3. The first kappa shape index (κ1) is 8.53. The van der Waals surface area contributed by atoms with Crippen LogP contribution in [0.3, 0.4) is 0 Å². The molecule has 0 fully saturated rings. The molecule has 0 aliphatic rings. The van der Waals surface area contributed by atoms with Gasteiger partial charge in [-0.3, -0.25) is 0 Å². The molecule has 0 radical (unpaired) electrons. The van der Waals surface area contributed by atoms with E-state index in [0.717, 1.165) is 5.82 Å². The van der Waals surface area contributed by atoms with Gasteiger partial charge >= 0.3 is 5.95 Å². The molecule has 0 saturated carbocycles. The summed E-state index contributed by atoms with van der Waals surface area (Å²) in [4.78, 5) is 0. The van der Waals surface area contributed by atoms with Crippen molar-refractivity contribution in [3.05, 3.63) is 5.82 Å². The molecular formula is C7H12N5+. The lowest BCUT2D eigenvalue weighted by Gasteiger charge is -1.90. The fourth-order valence-corrected chi connectivity index (χ4v) is 1.13. The first-order valence-electron chi connectivity index (χ1n) is 3.71. The molecule has 5 nitrogen and oxygen atoms in total. The van der Waals surface area contributed by atoms with E-state index in [-0.39, 0.29) is 0 Å². The van der Waals surface area contributed by atoms with E-state index < -0.39 is 0 Å². The van der Waals surface area contributed by atoms with E-state index in [1.165, 1.54) is 0 Å². The minimum Gasteiger partial charge on any atom is -0.347 e. The zero-order valence-corrected chi connectivity index (χ0v) is 7.28. The van der Waals surface area contributed by atoms with Crippen LogP contribution in [-0.4, -0.2) is 9.67 Å². The Morgan fingerprint density at radius 2 is 2.42 bits per heavy atom. The summed E-state index contributed by atoms with van der Waals surface area (Å²) in [6.45, 7) is 0. The molecule has 0 aliphatic carbocycles. The summed E-state index contributed by atoms with van der Waals surface area (Å²) in [6, 6.07) is 2.08. The van der Waals surface area contributed by atoms with Crippen molar-refractivity contribution < 1.29 is 4.68 Å². The highest BCUT2D eigenvalue weighted by atomic mass is 15.4. The van der Waals surface area contributed by atoms with Crippen LogP contribution in [0.25, 0.3) is 0 Å². The summed E-state index contributed by atoms with van der Waals surface area (Å²) < 4.78 is 3.49. The highest BCUT2D eigenvalue weighted by Crippen LogP contribution is 1.99. The Bertz CT molecular complexity index is 319. The molecule has 1 aromatic heterocycles. The molecule has 0 atom stereocenters. The van der Waals surface area contributed by atoms with Crippen molar-refractivity contribution in [1.82, 2.24) is 9.67 Å². The summed E-state index contributed by atoms with van der Waals surface area (Å²) in [6.07, 6.45) is 1.18. The maximum atomic E-state index is 8.40. The van der Waals surface area contributed by atoms with Crippen LogP contribution >= 0.6 is 0 Å². The molecule has 1 heterocycles. The zero-order valence-electron chi connectivity index (χ0n) is 7.28. The van der Waals surface area contributed by atoms with Gasteiger partial charge in [0.2, 0.25) is 0 Å². The van der Waals surface area contributed by atoms with Gasteiger partial charge in [-0.15, -0.1) is 4.68 Å². The fraction of sp³-hybridized carbons (Fsp3) is 0.571. The summed E-state index contributed by atoms with van der Waals surface area (Å²) in [5.74, 6) is 1.44. The van der Waals surface area contributed by atoms with Crippen LogP contribution in [0.2, 0.25) is 0 Å². The fourth-order valence-electron chi connectivity index (χ4n) is 1.13. The van der Waals surface area contributed by atoms with Crippen molar-refractivity contribution in [2.45, 2.75) is 12.8 Å². The van der Waals surface area contributed by atoms with Crippen molar-refractivity contribution in [2.24, 2.45) is 14.1 Å². The van der Waals surface area contributed by atoms with Gasteiger partial charge in [-0.2, -0.15) is 9.83 Å². The van der Waals surface area contributed by atoms with Gasteiger partial charge in [-0.05, 0) is 5.10 Å². The van der Waals surface area contributed by atoms with Gasteiger partial charge < -0.3 is 5.73 Å². The van der Waals surface area contributed by atoms with E-state index in [0.29, 0.717) is 18.8 Å². The Morgan fingerprint density at radius 1 is 1.75 bits per heavy atom. The first-order valence-corrected chi connectivity index (χ1v) is 3.71. The average molecular weight is 166 g/mol. The molecular weight excluding hydrogens is 154 g/mol. The SMILES string of the molecule is Cn1c(N)n[n+](C)c1CCC#N. The minimum atomic E-state index is 0.477. The van der Waals surface area contributed by atoms with Crippen LogP contribution in [0, 0.1) is 11.3 Å². The number of nitriles is 1. The second-order valence-electron chi connectivity index (χ2n) is 2.62. The van der Waals surface area contributed by atoms with Gasteiger partial charge in [-0.1, -0.05) is 0 Å². The van der Waals surface area contributed by atoms with Crippen molar-refractivity contribution in [3.63, 3.8) is 0 Å². The molecule has 2 N–H and O–H groups in total. The number of hydrogen-bond acceptors (Lipinski definition) is 3. The molecule has 5 heteroatoms. The monoisotopic (exact) mass is 166 g/mol. The first-order chi connectivity index (χ1) is 5.66. The quantitative estimate of drug-likeness (QED) is 0.589. The lowest BCUT2D eigenvalue weighted by Crippen LogP contribution is -2.35. The third kappa shape index (κ3) is 1.37. The minimum absolute atomic E-state index is 0.477. The highest BCUT2D eigenvalue weighted by molar-refractivity contribution is 5.13. The highest BCUT2D eigenvalue weighted by Gasteiger charge is 2.16. The molecule has 0 saturated heterocycles. The molecule has 1 rings (SSSR count). The second kappa shape index (κ2) is 3.22. The average Bonchev–Trinajstić information content (AvgIpc) is 2.25. The number of nitrogens with zero attached hydrogens (tertiary/aromatic N) is 4. The van der Waals surface area contributed by atoms with Crippen molar-refractivity contribution in [3.8, 4) is 6.07 Å². The lowest BCUT2D eigenvalue weighted by molar-refractivity contribution is -0.734. The van der Waals surface area contributed by atoms with E-state index in [2.05, 4.69) is 11.2 Å². The Kier molecular flexibility index (Phi) is 2.29. The van der Waals surface area contributed by atoms with E-state index in [1.807, 2.05) is 14.1 Å².